The van der Waals surface area contributed by atoms with Crippen LogP contribution in [0.3, 0.4) is 0 Å². The molecule has 1 fully saturated rings. The number of benzene rings is 2. The molecule has 2 aromatic carbocycles. The molecule has 0 atom stereocenters. The molecule has 8 nitrogen and oxygen atoms in total. The van der Waals surface area contributed by atoms with E-state index in [1.807, 2.05) is 48.6 Å². The molecule has 0 aliphatic carbocycles. The first-order valence-corrected chi connectivity index (χ1v) is 11.0. The summed E-state index contributed by atoms with van der Waals surface area (Å²) in [7, 11) is 0. The summed E-state index contributed by atoms with van der Waals surface area (Å²) in [5.74, 6) is -0.372. The van der Waals surface area contributed by atoms with Crippen molar-refractivity contribution in [1.29, 1.82) is 0 Å². The molecular formula is C25H28N4O4. The largest absolute Gasteiger partial charge is 0.395 e. The highest BCUT2D eigenvalue weighted by atomic mass is 16.3. The van der Waals surface area contributed by atoms with E-state index in [1.54, 1.807) is 21.9 Å². The van der Waals surface area contributed by atoms with Gasteiger partial charge >= 0.3 is 0 Å². The van der Waals surface area contributed by atoms with Gasteiger partial charge in [0.05, 0.1) is 29.8 Å². The maximum atomic E-state index is 12.9. The zero-order valence-corrected chi connectivity index (χ0v) is 18.6. The zero-order valence-electron chi connectivity index (χ0n) is 18.6. The minimum Gasteiger partial charge on any atom is -0.395 e. The molecular weight excluding hydrogens is 420 g/mol. The third kappa shape index (κ3) is 4.67. The van der Waals surface area contributed by atoms with Crippen molar-refractivity contribution in [2.24, 2.45) is 5.41 Å². The molecule has 2 amide bonds. The van der Waals surface area contributed by atoms with E-state index in [4.69, 9.17) is 0 Å². The number of H-pyrrole nitrogens is 1. The van der Waals surface area contributed by atoms with Gasteiger partial charge < -0.3 is 20.0 Å². The fourth-order valence-electron chi connectivity index (χ4n) is 3.89. The van der Waals surface area contributed by atoms with E-state index in [9.17, 15) is 19.8 Å². The number of fused-ring (bicyclic) bond motifs is 1. The third-order valence-electron chi connectivity index (χ3n) is 6.16. The number of rotatable bonds is 6. The predicted octanol–water partition coefficient (Wildman–Crippen LogP) is 2.01. The Morgan fingerprint density at radius 2 is 1.61 bits per heavy atom. The molecule has 2 heterocycles. The number of aromatic amines is 1. The molecule has 1 aromatic heterocycles. The Labute approximate surface area is 192 Å². The Morgan fingerprint density at radius 1 is 0.970 bits per heavy atom. The minimum atomic E-state index is -1.20. The lowest BCUT2D eigenvalue weighted by atomic mass is 9.91. The zero-order chi connectivity index (χ0) is 23.4. The summed E-state index contributed by atoms with van der Waals surface area (Å²) in [5, 5.41) is 27.3. The van der Waals surface area contributed by atoms with E-state index in [-0.39, 0.29) is 11.8 Å². The molecule has 0 spiro atoms. The van der Waals surface area contributed by atoms with Crippen molar-refractivity contribution in [2.45, 2.75) is 6.92 Å². The van der Waals surface area contributed by atoms with Crippen molar-refractivity contribution in [1.82, 2.24) is 20.0 Å². The molecule has 0 unspecified atom stereocenters. The third-order valence-corrected chi connectivity index (χ3v) is 6.16. The second-order valence-corrected chi connectivity index (χ2v) is 8.57. The van der Waals surface area contributed by atoms with Gasteiger partial charge in [0.25, 0.3) is 5.91 Å². The number of carbonyl (C=O) groups is 2. The van der Waals surface area contributed by atoms with Crippen LogP contribution >= 0.6 is 0 Å². The molecule has 4 rings (SSSR count). The number of hydrogen-bond acceptors (Lipinski definition) is 5. The summed E-state index contributed by atoms with van der Waals surface area (Å²) in [5.41, 5.74) is 2.19. The second kappa shape index (κ2) is 9.56. The maximum absolute atomic E-state index is 12.9. The monoisotopic (exact) mass is 448 g/mol. The Morgan fingerprint density at radius 3 is 2.27 bits per heavy atom. The van der Waals surface area contributed by atoms with Crippen LogP contribution in [-0.2, 0) is 4.79 Å². The van der Waals surface area contributed by atoms with Crippen molar-refractivity contribution in [3.8, 4) is 0 Å². The number of nitrogens with zero attached hydrogens (tertiary/aromatic N) is 3. The summed E-state index contributed by atoms with van der Waals surface area (Å²) in [6, 6.07) is 15.3. The molecule has 3 aromatic rings. The highest BCUT2D eigenvalue weighted by Crippen LogP contribution is 2.21. The molecule has 1 aliphatic rings. The van der Waals surface area contributed by atoms with Crippen molar-refractivity contribution >= 4 is 34.9 Å². The summed E-state index contributed by atoms with van der Waals surface area (Å²) in [6.07, 6.45) is 3.90. The molecule has 0 saturated carbocycles. The average molecular weight is 449 g/mol. The number of aliphatic hydroxyl groups is 2. The van der Waals surface area contributed by atoms with Gasteiger partial charge in [0.15, 0.2) is 0 Å². The molecule has 1 saturated heterocycles. The van der Waals surface area contributed by atoms with Crippen LogP contribution in [0.4, 0.5) is 0 Å². The van der Waals surface area contributed by atoms with E-state index < -0.39 is 18.6 Å². The maximum Gasteiger partial charge on any atom is 0.253 e. The van der Waals surface area contributed by atoms with Crippen LogP contribution in [0.1, 0.15) is 28.5 Å². The molecule has 8 heteroatoms. The molecule has 3 N–H and O–H groups in total. The molecule has 172 valence electrons. The first-order chi connectivity index (χ1) is 15.9. The van der Waals surface area contributed by atoms with E-state index in [1.165, 1.54) is 6.92 Å². The van der Waals surface area contributed by atoms with E-state index in [0.717, 1.165) is 22.2 Å². The first-order valence-electron chi connectivity index (χ1n) is 11.0. The lowest BCUT2D eigenvalue weighted by molar-refractivity contribution is -0.147. The van der Waals surface area contributed by atoms with Crippen molar-refractivity contribution in [3.05, 3.63) is 65.4 Å². The molecule has 0 radical (unpaired) electrons. The van der Waals surface area contributed by atoms with Gasteiger partial charge in [-0.15, -0.1) is 0 Å². The topological polar surface area (TPSA) is 110 Å². The fraction of sp³-hybridized carbons (Fsp3) is 0.320. The van der Waals surface area contributed by atoms with Crippen LogP contribution < -0.4 is 0 Å². The van der Waals surface area contributed by atoms with Gasteiger partial charge in [-0.3, -0.25) is 14.7 Å². The van der Waals surface area contributed by atoms with Crippen LogP contribution in [0.2, 0.25) is 0 Å². The van der Waals surface area contributed by atoms with Gasteiger partial charge in [-0.25, -0.2) is 0 Å². The molecule has 1 aliphatic heterocycles. The Bertz CT molecular complexity index is 1160. The van der Waals surface area contributed by atoms with Crippen LogP contribution in [0.5, 0.6) is 0 Å². The minimum absolute atomic E-state index is 0.0806. The van der Waals surface area contributed by atoms with Gasteiger partial charge in [0.2, 0.25) is 5.91 Å². The van der Waals surface area contributed by atoms with Crippen molar-refractivity contribution < 1.29 is 19.8 Å². The van der Waals surface area contributed by atoms with Crippen LogP contribution in [0, 0.1) is 5.41 Å². The smallest absolute Gasteiger partial charge is 0.253 e. The first kappa shape index (κ1) is 22.7. The predicted molar refractivity (Wildman–Crippen MR) is 126 cm³/mol. The number of hydrogen-bond donors (Lipinski definition) is 3. The van der Waals surface area contributed by atoms with Gasteiger partial charge in [0.1, 0.15) is 0 Å². The lowest BCUT2D eigenvalue weighted by Crippen LogP contribution is -2.55. The second-order valence-electron chi connectivity index (χ2n) is 8.57. The normalized spacial score (nSPS) is 14.9. The summed E-state index contributed by atoms with van der Waals surface area (Å²) in [4.78, 5) is 28.8. The van der Waals surface area contributed by atoms with E-state index in [0.29, 0.717) is 31.7 Å². The number of aromatic nitrogens is 2. The van der Waals surface area contributed by atoms with Crippen LogP contribution in [0.25, 0.3) is 23.1 Å². The van der Waals surface area contributed by atoms with E-state index in [2.05, 4.69) is 10.2 Å². The number of aliphatic hydroxyl groups excluding tert-OH is 2. The highest BCUT2D eigenvalue weighted by molar-refractivity contribution is 5.95. The van der Waals surface area contributed by atoms with Gasteiger partial charge in [-0.2, -0.15) is 5.10 Å². The Kier molecular flexibility index (Phi) is 6.57. The molecule has 33 heavy (non-hydrogen) atoms. The number of piperazine rings is 1. The van der Waals surface area contributed by atoms with Gasteiger partial charge in [-0.1, -0.05) is 36.4 Å². The van der Waals surface area contributed by atoms with E-state index >= 15 is 0 Å². The van der Waals surface area contributed by atoms with Gasteiger partial charge in [-0.05, 0) is 36.8 Å². The lowest BCUT2D eigenvalue weighted by Gasteiger charge is -2.38. The van der Waals surface area contributed by atoms with Crippen LogP contribution in [-0.4, -0.2) is 81.4 Å². The van der Waals surface area contributed by atoms with Crippen LogP contribution in [0.15, 0.2) is 48.5 Å². The number of amides is 2. The summed E-state index contributed by atoms with van der Waals surface area (Å²) in [6.45, 7) is 2.27. The van der Waals surface area contributed by atoms with Crippen molar-refractivity contribution in [2.75, 3.05) is 39.4 Å². The van der Waals surface area contributed by atoms with Gasteiger partial charge in [0, 0.05) is 37.1 Å². The Balaban J connectivity index is 1.36. The quantitative estimate of drug-likeness (QED) is 0.534. The summed E-state index contributed by atoms with van der Waals surface area (Å²) < 4.78 is 0. The number of para-hydroxylation sites is 1. The van der Waals surface area contributed by atoms with Crippen molar-refractivity contribution in [3.63, 3.8) is 0 Å². The SMILES string of the molecule is CC(CO)(CO)C(=O)N1CCN(C(=O)c2ccc(C=Cc3n[nH]c4ccccc34)cc2)CC1. The summed E-state index contributed by atoms with van der Waals surface area (Å²) >= 11 is 0. The standard InChI is InChI=1S/C25H28N4O4/c1-25(16-30,17-31)24(33)29-14-12-28(13-15-29)23(32)19-9-6-18(7-10-19)8-11-22-20-4-2-3-5-21(20)26-27-22/h2-11,30-31H,12-17H2,1H3,(H,26,27). The highest BCUT2D eigenvalue weighted by Gasteiger charge is 2.37. The average Bonchev–Trinajstić information content (AvgIpc) is 3.29. The number of nitrogens with one attached hydrogen (secondary N) is 1. The Hall–Kier alpha value is -3.49. The number of carbonyl (C=O) groups excluding carboxylic acids is 2. The molecule has 0 bridgehead atoms. The fourth-order valence-corrected chi connectivity index (χ4v) is 3.89.